The molecule has 0 heterocycles. The van der Waals surface area contributed by atoms with Gasteiger partial charge in [-0.15, -0.1) is 0 Å². The third-order valence-electron chi connectivity index (χ3n) is 3.17. The number of hydrogen-bond acceptors (Lipinski definition) is 3. The van der Waals surface area contributed by atoms with Gasteiger partial charge in [0.25, 0.3) is 0 Å². The molecule has 1 N–H and O–H groups in total. The molecule has 0 aliphatic heterocycles. The summed E-state index contributed by atoms with van der Waals surface area (Å²) in [5.41, 5.74) is 1.92. The van der Waals surface area contributed by atoms with E-state index in [1.54, 1.807) is 36.4 Å². The molecule has 0 aliphatic rings. The number of nitriles is 1. The van der Waals surface area contributed by atoms with Crippen molar-refractivity contribution in [2.75, 3.05) is 18.9 Å². The van der Waals surface area contributed by atoms with Crippen molar-refractivity contribution in [2.45, 2.75) is 6.54 Å². The molecule has 0 unspecified atom stereocenters. The van der Waals surface area contributed by atoms with Gasteiger partial charge in [0, 0.05) is 6.54 Å². The van der Waals surface area contributed by atoms with Gasteiger partial charge in [-0.3, -0.25) is 9.69 Å². The van der Waals surface area contributed by atoms with Gasteiger partial charge in [0.1, 0.15) is 6.07 Å². The van der Waals surface area contributed by atoms with Gasteiger partial charge in [-0.2, -0.15) is 5.26 Å². The smallest absolute Gasteiger partial charge is 0.238 e. The number of carbonyl (C=O) groups excluding carboxylic acids is 1. The fraction of sp³-hybridized carbons (Fsp3) is 0.176. The largest absolute Gasteiger partial charge is 0.324 e. The van der Waals surface area contributed by atoms with E-state index in [-0.39, 0.29) is 12.5 Å². The van der Waals surface area contributed by atoms with Gasteiger partial charge < -0.3 is 5.32 Å². The predicted molar refractivity (Wildman–Crippen MR) is 92.6 cm³/mol. The predicted octanol–water partition coefficient (Wildman–Crippen LogP) is 3.94. The third-order valence-corrected chi connectivity index (χ3v) is 3.91. The quantitative estimate of drug-likeness (QED) is 0.891. The first kappa shape index (κ1) is 17.3. The van der Waals surface area contributed by atoms with Gasteiger partial charge in [0.2, 0.25) is 5.91 Å². The second kappa shape index (κ2) is 7.98. The minimum atomic E-state index is -0.185. The molecule has 0 radical (unpaired) electrons. The first-order valence-corrected chi connectivity index (χ1v) is 7.66. The Kier molecular flexibility index (Phi) is 6.00. The van der Waals surface area contributed by atoms with Gasteiger partial charge in [-0.25, -0.2) is 0 Å². The van der Waals surface area contributed by atoms with Gasteiger partial charge in [-0.1, -0.05) is 41.4 Å². The maximum absolute atomic E-state index is 12.1. The zero-order valence-electron chi connectivity index (χ0n) is 12.5. The molecule has 0 spiro atoms. The average Bonchev–Trinajstić information content (AvgIpc) is 2.51. The van der Waals surface area contributed by atoms with Crippen molar-refractivity contribution in [3.63, 3.8) is 0 Å². The standard InChI is InChI=1S/C17H15Cl2N3O/c1-22(10-12-6-7-14(18)15(19)8-12)11-17(23)21-16-5-3-2-4-13(16)9-20/h2-8H,10-11H2,1H3,(H,21,23). The number of rotatable bonds is 5. The van der Waals surface area contributed by atoms with Crippen LogP contribution in [0.4, 0.5) is 5.69 Å². The fourth-order valence-electron chi connectivity index (χ4n) is 2.13. The molecule has 0 bridgehead atoms. The zero-order chi connectivity index (χ0) is 16.8. The molecule has 0 saturated carbocycles. The highest BCUT2D eigenvalue weighted by atomic mass is 35.5. The van der Waals surface area contributed by atoms with Gasteiger partial charge in [-0.05, 0) is 36.9 Å². The molecule has 23 heavy (non-hydrogen) atoms. The summed E-state index contributed by atoms with van der Waals surface area (Å²) >= 11 is 11.9. The summed E-state index contributed by atoms with van der Waals surface area (Å²) in [5, 5.41) is 12.8. The molecule has 2 aromatic carbocycles. The number of benzene rings is 2. The summed E-state index contributed by atoms with van der Waals surface area (Å²) in [5.74, 6) is -0.185. The fourth-order valence-corrected chi connectivity index (χ4v) is 2.45. The second-order valence-electron chi connectivity index (χ2n) is 5.13. The molecule has 4 nitrogen and oxygen atoms in total. The van der Waals surface area contributed by atoms with Crippen LogP contribution in [0.1, 0.15) is 11.1 Å². The molecule has 6 heteroatoms. The van der Waals surface area contributed by atoms with E-state index in [9.17, 15) is 4.79 Å². The van der Waals surface area contributed by atoms with Crippen LogP contribution in [0.15, 0.2) is 42.5 Å². The summed E-state index contributed by atoms with van der Waals surface area (Å²) in [6.07, 6.45) is 0. The van der Waals surface area contributed by atoms with Crippen LogP contribution in [0.2, 0.25) is 10.0 Å². The summed E-state index contributed by atoms with van der Waals surface area (Å²) in [4.78, 5) is 13.9. The van der Waals surface area contributed by atoms with Crippen LogP contribution < -0.4 is 5.32 Å². The van der Waals surface area contributed by atoms with Crippen LogP contribution in [0.3, 0.4) is 0 Å². The third kappa shape index (κ3) is 4.97. The number of amides is 1. The number of nitrogens with zero attached hydrogens (tertiary/aromatic N) is 2. The minimum absolute atomic E-state index is 0.185. The molecular formula is C17H15Cl2N3O. The molecule has 0 aliphatic carbocycles. The molecule has 0 saturated heterocycles. The van der Waals surface area contributed by atoms with Crippen molar-refractivity contribution in [3.8, 4) is 6.07 Å². The monoisotopic (exact) mass is 347 g/mol. The van der Waals surface area contributed by atoms with E-state index in [2.05, 4.69) is 11.4 Å². The second-order valence-corrected chi connectivity index (χ2v) is 5.94. The van der Waals surface area contributed by atoms with Crippen molar-refractivity contribution < 1.29 is 4.79 Å². The van der Waals surface area contributed by atoms with E-state index in [0.717, 1.165) is 5.56 Å². The number of nitrogens with one attached hydrogen (secondary N) is 1. The summed E-state index contributed by atoms with van der Waals surface area (Å²) in [6.45, 7) is 0.754. The normalized spacial score (nSPS) is 10.4. The molecule has 118 valence electrons. The Labute approximate surface area is 145 Å². The Hall–Kier alpha value is -2.06. The Morgan fingerprint density at radius 1 is 1.22 bits per heavy atom. The molecule has 2 rings (SSSR count). The summed E-state index contributed by atoms with van der Waals surface area (Å²) < 4.78 is 0. The minimum Gasteiger partial charge on any atom is -0.324 e. The summed E-state index contributed by atoms with van der Waals surface area (Å²) in [6, 6.07) is 14.3. The van der Waals surface area contributed by atoms with E-state index >= 15 is 0 Å². The molecule has 1 amide bonds. The van der Waals surface area contributed by atoms with Crippen molar-refractivity contribution in [3.05, 3.63) is 63.6 Å². The highest BCUT2D eigenvalue weighted by Crippen LogP contribution is 2.23. The van der Waals surface area contributed by atoms with Gasteiger partial charge >= 0.3 is 0 Å². The lowest BCUT2D eigenvalue weighted by Gasteiger charge is -2.17. The van der Waals surface area contributed by atoms with Crippen molar-refractivity contribution in [2.24, 2.45) is 0 Å². The highest BCUT2D eigenvalue weighted by molar-refractivity contribution is 6.42. The van der Waals surface area contributed by atoms with Crippen LogP contribution in [0.25, 0.3) is 0 Å². The van der Waals surface area contributed by atoms with Gasteiger partial charge in [0.15, 0.2) is 0 Å². The van der Waals surface area contributed by atoms with Crippen molar-refractivity contribution in [1.82, 2.24) is 4.90 Å². The van der Waals surface area contributed by atoms with E-state index < -0.39 is 0 Å². The first-order valence-electron chi connectivity index (χ1n) is 6.91. The molecule has 2 aromatic rings. The van der Waals surface area contributed by atoms with E-state index in [1.807, 2.05) is 18.0 Å². The Balaban J connectivity index is 1.94. The number of likely N-dealkylation sites (N-methyl/N-ethyl adjacent to an activating group) is 1. The zero-order valence-corrected chi connectivity index (χ0v) is 14.0. The topological polar surface area (TPSA) is 56.1 Å². The van der Waals surface area contributed by atoms with Crippen LogP contribution >= 0.6 is 23.2 Å². The van der Waals surface area contributed by atoms with Crippen LogP contribution in [-0.4, -0.2) is 24.4 Å². The average molecular weight is 348 g/mol. The van der Waals surface area contributed by atoms with Crippen LogP contribution in [0, 0.1) is 11.3 Å². The first-order chi connectivity index (χ1) is 11.0. The van der Waals surface area contributed by atoms with Crippen molar-refractivity contribution in [1.29, 1.82) is 5.26 Å². The number of carbonyl (C=O) groups is 1. The number of para-hydroxylation sites is 1. The lowest BCUT2D eigenvalue weighted by Crippen LogP contribution is -2.30. The van der Waals surface area contributed by atoms with E-state index in [0.29, 0.717) is 27.8 Å². The number of anilines is 1. The molecule has 0 aromatic heterocycles. The van der Waals surface area contributed by atoms with E-state index in [1.165, 1.54) is 0 Å². The number of halogens is 2. The number of hydrogen-bond donors (Lipinski definition) is 1. The Morgan fingerprint density at radius 2 is 1.96 bits per heavy atom. The Morgan fingerprint density at radius 3 is 2.65 bits per heavy atom. The van der Waals surface area contributed by atoms with Crippen LogP contribution in [-0.2, 0) is 11.3 Å². The van der Waals surface area contributed by atoms with Crippen LogP contribution in [0.5, 0.6) is 0 Å². The Bertz CT molecular complexity index is 756. The van der Waals surface area contributed by atoms with Gasteiger partial charge in [0.05, 0.1) is 27.8 Å². The lowest BCUT2D eigenvalue weighted by molar-refractivity contribution is -0.117. The molecular weight excluding hydrogens is 333 g/mol. The molecule has 0 atom stereocenters. The highest BCUT2D eigenvalue weighted by Gasteiger charge is 2.10. The van der Waals surface area contributed by atoms with E-state index in [4.69, 9.17) is 28.5 Å². The lowest BCUT2D eigenvalue weighted by atomic mass is 10.2. The summed E-state index contributed by atoms with van der Waals surface area (Å²) in [7, 11) is 1.83. The SMILES string of the molecule is CN(CC(=O)Nc1ccccc1C#N)Cc1ccc(Cl)c(Cl)c1. The molecule has 0 fully saturated rings. The maximum atomic E-state index is 12.1. The van der Waals surface area contributed by atoms with Crippen molar-refractivity contribution >= 4 is 34.8 Å². The maximum Gasteiger partial charge on any atom is 0.238 e.